The third kappa shape index (κ3) is 3.56. The highest BCUT2D eigenvalue weighted by Crippen LogP contribution is 2.18. The smallest absolute Gasteiger partial charge is 0.410 e. The lowest BCUT2D eigenvalue weighted by Crippen LogP contribution is -2.42. The number of nitrogens with zero attached hydrogens (tertiary/aromatic N) is 1. The first-order valence-corrected chi connectivity index (χ1v) is 5.19. The third-order valence-electron chi connectivity index (χ3n) is 2.17. The molecule has 1 rings (SSSR count). The molecule has 0 bridgehead atoms. The summed E-state index contributed by atoms with van der Waals surface area (Å²) in [6.07, 6.45) is 1.94. The Kier molecular flexibility index (Phi) is 3.40. The number of hydrogen-bond donors (Lipinski definition) is 0. The maximum Gasteiger partial charge on any atom is 0.410 e. The van der Waals surface area contributed by atoms with Crippen LogP contribution in [-0.2, 0) is 4.74 Å². The first kappa shape index (κ1) is 11.3. The molecule has 1 saturated heterocycles. The van der Waals surface area contributed by atoms with Crippen molar-refractivity contribution >= 4 is 6.09 Å². The van der Waals surface area contributed by atoms with E-state index >= 15 is 0 Å². The van der Waals surface area contributed by atoms with Gasteiger partial charge in [0.2, 0.25) is 0 Å². The molecule has 0 aromatic rings. The number of piperidine rings is 1. The van der Waals surface area contributed by atoms with Crippen molar-refractivity contribution < 1.29 is 9.53 Å². The first-order chi connectivity index (χ1) is 6.38. The Morgan fingerprint density at radius 1 is 1.50 bits per heavy atom. The third-order valence-corrected chi connectivity index (χ3v) is 2.17. The fourth-order valence-corrected chi connectivity index (χ4v) is 1.56. The second-order valence-electron chi connectivity index (χ2n) is 4.93. The van der Waals surface area contributed by atoms with Gasteiger partial charge in [-0.05, 0) is 46.5 Å². The van der Waals surface area contributed by atoms with Crippen LogP contribution in [0, 0.1) is 12.8 Å². The Bertz CT molecular complexity index is 208. The van der Waals surface area contributed by atoms with Gasteiger partial charge in [-0.3, -0.25) is 0 Å². The van der Waals surface area contributed by atoms with Gasteiger partial charge in [0.15, 0.2) is 0 Å². The molecule has 1 unspecified atom stereocenters. The van der Waals surface area contributed by atoms with E-state index in [1.54, 1.807) is 4.90 Å². The monoisotopic (exact) mass is 198 g/mol. The number of hydrogen-bond acceptors (Lipinski definition) is 2. The van der Waals surface area contributed by atoms with Crippen molar-refractivity contribution in [2.24, 2.45) is 5.92 Å². The Morgan fingerprint density at radius 3 is 2.64 bits per heavy atom. The van der Waals surface area contributed by atoms with Crippen LogP contribution in [0.3, 0.4) is 0 Å². The van der Waals surface area contributed by atoms with Gasteiger partial charge in [0.25, 0.3) is 0 Å². The number of amides is 1. The zero-order valence-electron chi connectivity index (χ0n) is 9.38. The second-order valence-corrected chi connectivity index (χ2v) is 4.93. The predicted octanol–water partition coefficient (Wildman–Crippen LogP) is 2.47. The zero-order valence-corrected chi connectivity index (χ0v) is 9.38. The van der Waals surface area contributed by atoms with E-state index in [1.165, 1.54) is 0 Å². The molecular weight excluding hydrogens is 178 g/mol. The van der Waals surface area contributed by atoms with Crippen LogP contribution in [0.25, 0.3) is 0 Å². The fourth-order valence-electron chi connectivity index (χ4n) is 1.56. The molecule has 81 valence electrons. The molecule has 0 aliphatic carbocycles. The topological polar surface area (TPSA) is 29.5 Å². The Morgan fingerprint density at radius 2 is 2.14 bits per heavy atom. The number of rotatable bonds is 0. The highest BCUT2D eigenvalue weighted by atomic mass is 16.6. The van der Waals surface area contributed by atoms with Gasteiger partial charge in [-0.25, -0.2) is 4.79 Å². The standard InChI is InChI=1S/C11H20NO2/c1-9-6-5-7-12(8-9)10(13)14-11(2,3)4/h9H,1,5-8H2,2-4H3. The van der Waals surface area contributed by atoms with Crippen LogP contribution in [0.4, 0.5) is 4.79 Å². The molecule has 0 saturated carbocycles. The summed E-state index contributed by atoms with van der Waals surface area (Å²) >= 11 is 0. The molecule has 1 aliphatic rings. The van der Waals surface area contributed by atoms with Gasteiger partial charge in [0.05, 0.1) is 0 Å². The average Bonchev–Trinajstić information content (AvgIpc) is 2.01. The van der Waals surface area contributed by atoms with E-state index in [0.29, 0.717) is 5.92 Å². The highest BCUT2D eigenvalue weighted by Gasteiger charge is 2.25. The molecule has 14 heavy (non-hydrogen) atoms. The van der Waals surface area contributed by atoms with Crippen LogP contribution in [0.15, 0.2) is 0 Å². The van der Waals surface area contributed by atoms with Crippen LogP contribution in [0.5, 0.6) is 0 Å². The summed E-state index contributed by atoms with van der Waals surface area (Å²) in [5.41, 5.74) is -0.398. The summed E-state index contributed by atoms with van der Waals surface area (Å²) < 4.78 is 5.28. The summed E-state index contributed by atoms with van der Waals surface area (Å²) in [6.45, 7) is 11.2. The largest absolute Gasteiger partial charge is 0.444 e. The van der Waals surface area contributed by atoms with E-state index in [2.05, 4.69) is 6.92 Å². The minimum Gasteiger partial charge on any atom is -0.444 e. The number of carbonyl (C=O) groups excluding carboxylic acids is 1. The second kappa shape index (κ2) is 4.20. The number of carbonyl (C=O) groups is 1. The van der Waals surface area contributed by atoms with Gasteiger partial charge in [-0.15, -0.1) is 0 Å². The minimum absolute atomic E-state index is 0.203. The molecule has 0 aromatic heterocycles. The zero-order chi connectivity index (χ0) is 10.8. The molecule has 3 nitrogen and oxygen atoms in total. The molecule has 1 radical (unpaired) electrons. The quantitative estimate of drug-likeness (QED) is 0.598. The van der Waals surface area contributed by atoms with E-state index in [9.17, 15) is 4.79 Å². The summed E-state index contributed by atoms with van der Waals surface area (Å²) in [6, 6.07) is 0. The van der Waals surface area contributed by atoms with Gasteiger partial charge < -0.3 is 9.64 Å². The normalized spacial score (nSPS) is 23.4. The molecule has 1 fully saturated rings. The Labute approximate surface area is 86.4 Å². The molecule has 1 amide bonds. The van der Waals surface area contributed by atoms with Crippen LogP contribution < -0.4 is 0 Å². The molecule has 1 aliphatic heterocycles. The average molecular weight is 198 g/mol. The van der Waals surface area contributed by atoms with Crippen LogP contribution in [0.1, 0.15) is 33.6 Å². The van der Waals surface area contributed by atoms with E-state index in [0.717, 1.165) is 25.9 Å². The van der Waals surface area contributed by atoms with Crippen molar-refractivity contribution in [3.8, 4) is 0 Å². The van der Waals surface area contributed by atoms with E-state index in [-0.39, 0.29) is 6.09 Å². The van der Waals surface area contributed by atoms with E-state index in [1.807, 2.05) is 20.8 Å². The lowest BCUT2D eigenvalue weighted by molar-refractivity contribution is 0.0185. The molecule has 1 heterocycles. The molecule has 1 atom stereocenters. The maximum atomic E-state index is 11.6. The molecule has 0 aromatic carbocycles. The van der Waals surface area contributed by atoms with Gasteiger partial charge in [0.1, 0.15) is 5.60 Å². The van der Waals surface area contributed by atoms with Gasteiger partial charge in [0, 0.05) is 13.1 Å². The molecule has 3 heteroatoms. The number of ether oxygens (including phenoxy) is 1. The SMILES string of the molecule is [CH2]C1CCCN(C(=O)OC(C)(C)C)C1. The van der Waals surface area contributed by atoms with Crippen molar-refractivity contribution in [3.63, 3.8) is 0 Å². The lowest BCUT2D eigenvalue weighted by atomic mass is 10.0. The Hall–Kier alpha value is -0.730. The van der Waals surface area contributed by atoms with Crippen molar-refractivity contribution in [2.45, 2.75) is 39.2 Å². The van der Waals surface area contributed by atoms with Crippen molar-refractivity contribution in [1.82, 2.24) is 4.90 Å². The van der Waals surface area contributed by atoms with Crippen molar-refractivity contribution in [1.29, 1.82) is 0 Å². The summed E-state index contributed by atoms with van der Waals surface area (Å²) in [5, 5.41) is 0. The van der Waals surface area contributed by atoms with Gasteiger partial charge >= 0.3 is 6.09 Å². The summed E-state index contributed by atoms with van der Waals surface area (Å²) in [5.74, 6) is 0.358. The van der Waals surface area contributed by atoms with Crippen molar-refractivity contribution in [3.05, 3.63) is 6.92 Å². The maximum absolute atomic E-state index is 11.6. The van der Waals surface area contributed by atoms with Gasteiger partial charge in [-0.1, -0.05) is 0 Å². The predicted molar refractivity (Wildman–Crippen MR) is 55.9 cm³/mol. The first-order valence-electron chi connectivity index (χ1n) is 5.19. The van der Waals surface area contributed by atoms with Crippen LogP contribution in [0.2, 0.25) is 0 Å². The molecule has 0 spiro atoms. The minimum atomic E-state index is -0.398. The van der Waals surface area contributed by atoms with Crippen LogP contribution >= 0.6 is 0 Å². The van der Waals surface area contributed by atoms with E-state index < -0.39 is 5.60 Å². The molecular formula is C11H20NO2. The Balaban J connectivity index is 2.44. The number of likely N-dealkylation sites (tertiary alicyclic amines) is 1. The lowest BCUT2D eigenvalue weighted by Gasteiger charge is -2.32. The highest BCUT2D eigenvalue weighted by molar-refractivity contribution is 5.68. The van der Waals surface area contributed by atoms with Crippen LogP contribution in [-0.4, -0.2) is 29.7 Å². The van der Waals surface area contributed by atoms with Gasteiger partial charge in [-0.2, -0.15) is 0 Å². The van der Waals surface area contributed by atoms with Crippen molar-refractivity contribution in [2.75, 3.05) is 13.1 Å². The summed E-state index contributed by atoms with van der Waals surface area (Å²) in [7, 11) is 0. The fraction of sp³-hybridized carbons (Fsp3) is 0.818. The van der Waals surface area contributed by atoms with E-state index in [4.69, 9.17) is 4.74 Å². The summed E-state index contributed by atoms with van der Waals surface area (Å²) in [4.78, 5) is 13.4. The molecule has 0 N–H and O–H groups in total.